The molecule has 116 valence electrons. The smallest absolute Gasteiger partial charge is 0.316 e. The van der Waals surface area contributed by atoms with Gasteiger partial charge in [-0.3, -0.25) is 5.41 Å². The number of benzene rings is 1. The molecule has 0 aliphatic rings. The van der Waals surface area contributed by atoms with Gasteiger partial charge in [0.15, 0.2) is 14.6 Å². The Hall–Kier alpha value is -1.35. The van der Waals surface area contributed by atoms with Crippen molar-refractivity contribution in [3.63, 3.8) is 0 Å². The van der Waals surface area contributed by atoms with Crippen molar-refractivity contribution in [3.8, 4) is 0 Å². The van der Waals surface area contributed by atoms with Crippen LogP contribution in [0.5, 0.6) is 0 Å². The minimum atomic E-state index is -4.43. The third kappa shape index (κ3) is 3.46. The molecule has 0 radical (unpaired) electrons. The zero-order chi connectivity index (χ0) is 15.8. The number of sulfone groups is 1. The number of hydrogen-bond acceptors (Lipinski definition) is 4. The first-order valence-corrected chi connectivity index (χ1v) is 8.73. The number of aryl methyl sites for hydroxylation is 1. The van der Waals surface area contributed by atoms with E-state index in [1.165, 1.54) is 17.6 Å². The lowest BCUT2D eigenvalue weighted by atomic mass is 10.2. The molecule has 4 nitrogen and oxygen atoms in total. The van der Waals surface area contributed by atoms with Crippen molar-refractivity contribution in [1.82, 2.24) is 4.57 Å². The van der Waals surface area contributed by atoms with E-state index in [2.05, 4.69) is 0 Å². The maximum absolute atomic E-state index is 12.6. The molecule has 1 heterocycles. The molecular weight excluding hydrogens is 325 g/mol. The van der Waals surface area contributed by atoms with Gasteiger partial charge in [-0.25, -0.2) is 8.42 Å². The fourth-order valence-corrected chi connectivity index (χ4v) is 3.59. The van der Waals surface area contributed by atoms with Crippen LogP contribution in [0, 0.1) is 5.41 Å². The molecule has 0 saturated heterocycles. The van der Waals surface area contributed by atoms with Crippen LogP contribution in [0.2, 0.25) is 0 Å². The van der Waals surface area contributed by atoms with Gasteiger partial charge in [-0.2, -0.15) is 13.2 Å². The lowest BCUT2D eigenvalue weighted by molar-refractivity contribution is -0.137. The van der Waals surface area contributed by atoms with Crippen molar-refractivity contribution in [2.45, 2.75) is 19.6 Å². The van der Waals surface area contributed by atoms with Gasteiger partial charge < -0.3 is 4.57 Å². The Kier molecular flexibility index (Phi) is 4.16. The second-order valence-electron chi connectivity index (χ2n) is 4.48. The van der Waals surface area contributed by atoms with Crippen LogP contribution in [0.1, 0.15) is 12.5 Å². The Morgan fingerprint density at radius 1 is 1.33 bits per heavy atom. The quantitative estimate of drug-likeness (QED) is 0.931. The molecule has 0 aliphatic heterocycles. The van der Waals surface area contributed by atoms with E-state index in [1.807, 2.05) is 0 Å². The number of rotatable bonds is 4. The number of alkyl halides is 3. The number of hydrogen-bond donors (Lipinski definition) is 1. The van der Waals surface area contributed by atoms with Gasteiger partial charge in [0.25, 0.3) is 0 Å². The fourth-order valence-electron chi connectivity index (χ4n) is 1.86. The molecule has 0 unspecified atom stereocenters. The van der Waals surface area contributed by atoms with Crippen molar-refractivity contribution >= 4 is 31.4 Å². The van der Waals surface area contributed by atoms with Gasteiger partial charge in [-0.15, -0.1) is 0 Å². The highest BCUT2D eigenvalue weighted by atomic mass is 32.2. The molecule has 2 rings (SSSR count). The summed E-state index contributed by atoms with van der Waals surface area (Å²) in [6.07, 6.45) is -4.43. The van der Waals surface area contributed by atoms with E-state index < -0.39 is 21.6 Å². The van der Waals surface area contributed by atoms with Gasteiger partial charge in [0.2, 0.25) is 0 Å². The number of halogens is 3. The molecule has 21 heavy (non-hydrogen) atoms. The first kappa shape index (κ1) is 16.0. The summed E-state index contributed by atoms with van der Waals surface area (Å²) in [6.45, 7) is 1.60. The second-order valence-corrected chi connectivity index (χ2v) is 7.98. The summed E-state index contributed by atoms with van der Waals surface area (Å²) in [5.74, 6) is -0.131. The average molecular weight is 338 g/mol. The van der Waals surface area contributed by atoms with Gasteiger partial charge >= 0.3 is 6.18 Å². The van der Waals surface area contributed by atoms with Crippen LogP contribution in [-0.4, -0.2) is 24.5 Å². The monoisotopic (exact) mass is 338 g/mol. The van der Waals surface area contributed by atoms with Crippen LogP contribution in [0.4, 0.5) is 13.2 Å². The Morgan fingerprint density at radius 3 is 2.57 bits per heavy atom. The van der Waals surface area contributed by atoms with Crippen molar-refractivity contribution in [3.05, 3.63) is 28.6 Å². The highest BCUT2D eigenvalue weighted by Gasteiger charge is 2.30. The van der Waals surface area contributed by atoms with Gasteiger partial charge in [0, 0.05) is 12.3 Å². The van der Waals surface area contributed by atoms with E-state index in [1.54, 1.807) is 0 Å². The second kappa shape index (κ2) is 5.45. The highest BCUT2D eigenvalue weighted by Crippen LogP contribution is 2.32. The molecule has 0 aliphatic carbocycles. The topological polar surface area (TPSA) is 62.9 Å². The van der Waals surface area contributed by atoms with Crippen molar-refractivity contribution in [1.29, 1.82) is 5.41 Å². The van der Waals surface area contributed by atoms with Crippen molar-refractivity contribution in [2.24, 2.45) is 0 Å². The van der Waals surface area contributed by atoms with Crippen LogP contribution < -0.4 is 4.80 Å². The maximum Gasteiger partial charge on any atom is 0.416 e. The Bertz CT molecular complexity index is 819. The van der Waals surface area contributed by atoms with Crippen molar-refractivity contribution in [2.75, 3.05) is 11.5 Å². The lowest BCUT2D eigenvalue weighted by Crippen LogP contribution is -2.20. The Morgan fingerprint density at radius 2 is 2.00 bits per heavy atom. The lowest BCUT2D eigenvalue weighted by Gasteiger charge is -2.07. The molecular formula is C12H13F3N2O2S2. The summed E-state index contributed by atoms with van der Waals surface area (Å²) in [5, 5.41) is 7.80. The van der Waals surface area contributed by atoms with Gasteiger partial charge in [0.05, 0.1) is 21.5 Å². The fraction of sp³-hybridized carbons (Fsp3) is 0.417. The van der Waals surface area contributed by atoms with E-state index in [4.69, 9.17) is 5.41 Å². The largest absolute Gasteiger partial charge is 0.416 e. The number of fused-ring (bicyclic) bond motifs is 1. The Balaban J connectivity index is 2.43. The molecule has 2 aromatic rings. The SMILES string of the molecule is CCS(=O)(=O)CCn1c(=N)sc2cc(C(F)(F)F)ccc21. The molecule has 1 aromatic heterocycles. The third-order valence-electron chi connectivity index (χ3n) is 3.10. The van der Waals surface area contributed by atoms with Crippen LogP contribution >= 0.6 is 11.3 Å². The summed E-state index contributed by atoms with van der Waals surface area (Å²) in [5.41, 5.74) is -0.325. The molecule has 0 spiro atoms. The van der Waals surface area contributed by atoms with Crippen LogP contribution in [0.15, 0.2) is 18.2 Å². The zero-order valence-corrected chi connectivity index (χ0v) is 12.7. The molecule has 9 heteroatoms. The van der Waals surface area contributed by atoms with E-state index in [0.29, 0.717) is 10.2 Å². The van der Waals surface area contributed by atoms with E-state index in [0.717, 1.165) is 23.5 Å². The van der Waals surface area contributed by atoms with E-state index >= 15 is 0 Å². The summed E-state index contributed by atoms with van der Waals surface area (Å²) in [6, 6.07) is 3.22. The summed E-state index contributed by atoms with van der Waals surface area (Å²) in [4.78, 5) is 0.0376. The van der Waals surface area contributed by atoms with Crippen LogP contribution in [-0.2, 0) is 22.6 Å². The number of nitrogens with zero attached hydrogens (tertiary/aromatic N) is 1. The summed E-state index contributed by atoms with van der Waals surface area (Å²) >= 11 is 0.902. The first-order valence-electron chi connectivity index (χ1n) is 6.09. The normalized spacial score (nSPS) is 13.0. The average Bonchev–Trinajstić information content (AvgIpc) is 2.70. The van der Waals surface area contributed by atoms with Gasteiger partial charge in [-0.05, 0) is 18.2 Å². The number of thiazole rings is 1. The Labute approximate surface area is 123 Å². The molecule has 0 atom stereocenters. The third-order valence-corrected chi connectivity index (χ3v) is 5.74. The van der Waals surface area contributed by atoms with Gasteiger partial charge in [-0.1, -0.05) is 18.3 Å². The summed E-state index contributed by atoms with van der Waals surface area (Å²) < 4.78 is 62.7. The molecule has 0 bridgehead atoms. The molecule has 1 aromatic carbocycles. The van der Waals surface area contributed by atoms with Crippen LogP contribution in [0.25, 0.3) is 10.2 Å². The molecule has 1 N–H and O–H groups in total. The minimum Gasteiger partial charge on any atom is -0.316 e. The number of nitrogens with one attached hydrogen (secondary N) is 1. The minimum absolute atomic E-state index is 0.00118. The molecule has 0 saturated carbocycles. The maximum atomic E-state index is 12.6. The highest BCUT2D eigenvalue weighted by molar-refractivity contribution is 7.91. The summed E-state index contributed by atoms with van der Waals surface area (Å²) in [7, 11) is -3.19. The number of aromatic nitrogens is 1. The zero-order valence-electron chi connectivity index (χ0n) is 11.1. The first-order chi connectivity index (χ1) is 9.64. The standard InChI is InChI=1S/C12H13F3N2O2S2/c1-2-21(18,19)6-5-17-9-4-3-8(12(13,14)15)7-10(9)20-11(17)16/h3-4,7,16H,2,5-6H2,1H3. The van der Waals surface area contributed by atoms with Crippen LogP contribution in [0.3, 0.4) is 0 Å². The van der Waals surface area contributed by atoms with E-state index in [-0.39, 0.29) is 22.9 Å². The van der Waals surface area contributed by atoms with Crippen molar-refractivity contribution < 1.29 is 21.6 Å². The van der Waals surface area contributed by atoms with E-state index in [9.17, 15) is 21.6 Å². The predicted octanol–water partition coefficient (Wildman–Crippen LogP) is 2.64. The molecule has 0 amide bonds. The predicted molar refractivity (Wildman–Crippen MR) is 75.0 cm³/mol. The molecule has 0 fully saturated rings. The van der Waals surface area contributed by atoms with Gasteiger partial charge in [0.1, 0.15) is 0 Å².